The van der Waals surface area contributed by atoms with E-state index in [0.29, 0.717) is 5.56 Å². The number of nitro benzene ring substituents is 1. The van der Waals surface area contributed by atoms with Crippen molar-refractivity contribution in [1.82, 2.24) is 0 Å². The number of fused-ring (bicyclic) bond motifs is 1. The maximum atomic E-state index is 11.8. The SMILES string of the molecule is CC(=O)c1cc(=O)c2ccc(C)c([N+](=O)[O-])c2o1. The molecule has 6 nitrogen and oxygen atoms in total. The van der Waals surface area contributed by atoms with Gasteiger partial charge >= 0.3 is 5.69 Å². The van der Waals surface area contributed by atoms with Gasteiger partial charge in [0, 0.05) is 18.6 Å². The lowest BCUT2D eigenvalue weighted by Gasteiger charge is -2.02. The van der Waals surface area contributed by atoms with Gasteiger partial charge in [-0.1, -0.05) is 6.07 Å². The fraction of sp³-hybridized carbons (Fsp3) is 0.167. The smallest absolute Gasteiger partial charge is 0.315 e. The molecule has 1 heterocycles. The van der Waals surface area contributed by atoms with Crippen LogP contribution in [0.5, 0.6) is 0 Å². The van der Waals surface area contributed by atoms with Crippen LogP contribution in [0.3, 0.4) is 0 Å². The minimum atomic E-state index is -0.621. The van der Waals surface area contributed by atoms with E-state index in [2.05, 4.69) is 0 Å². The number of carbonyl (C=O) groups is 1. The van der Waals surface area contributed by atoms with Crippen LogP contribution in [0.4, 0.5) is 5.69 Å². The number of benzene rings is 1. The third kappa shape index (κ3) is 1.77. The molecule has 92 valence electrons. The van der Waals surface area contributed by atoms with Gasteiger partial charge in [-0.15, -0.1) is 0 Å². The summed E-state index contributed by atoms with van der Waals surface area (Å²) in [6.07, 6.45) is 0. The van der Waals surface area contributed by atoms with E-state index in [1.165, 1.54) is 26.0 Å². The summed E-state index contributed by atoms with van der Waals surface area (Å²) >= 11 is 0. The summed E-state index contributed by atoms with van der Waals surface area (Å²) < 4.78 is 5.19. The minimum absolute atomic E-state index is 0.0947. The van der Waals surface area contributed by atoms with Gasteiger partial charge in [-0.3, -0.25) is 19.7 Å². The molecule has 0 aliphatic carbocycles. The van der Waals surface area contributed by atoms with E-state index in [9.17, 15) is 19.7 Å². The predicted octanol–water partition coefficient (Wildman–Crippen LogP) is 2.21. The quantitative estimate of drug-likeness (QED) is 0.461. The average molecular weight is 247 g/mol. The Morgan fingerprint density at radius 1 is 1.39 bits per heavy atom. The normalized spacial score (nSPS) is 10.6. The highest BCUT2D eigenvalue weighted by Crippen LogP contribution is 2.28. The topological polar surface area (TPSA) is 90.4 Å². The Morgan fingerprint density at radius 3 is 2.61 bits per heavy atom. The van der Waals surface area contributed by atoms with Gasteiger partial charge in [-0.25, -0.2) is 0 Å². The molecule has 0 saturated carbocycles. The minimum Gasteiger partial charge on any atom is -0.445 e. The monoisotopic (exact) mass is 247 g/mol. The first kappa shape index (κ1) is 12.0. The lowest BCUT2D eigenvalue weighted by Crippen LogP contribution is -2.06. The molecule has 0 atom stereocenters. The Hall–Kier alpha value is -2.50. The molecule has 0 fully saturated rings. The van der Waals surface area contributed by atoms with Crippen LogP contribution in [0.25, 0.3) is 11.0 Å². The molecule has 0 aliphatic rings. The molecule has 1 aromatic heterocycles. The Balaban J connectivity index is 2.99. The zero-order valence-electron chi connectivity index (χ0n) is 9.72. The lowest BCUT2D eigenvalue weighted by molar-refractivity contribution is -0.384. The second-order valence-corrected chi connectivity index (χ2v) is 3.90. The van der Waals surface area contributed by atoms with Crippen LogP contribution in [-0.4, -0.2) is 10.7 Å². The zero-order valence-corrected chi connectivity index (χ0v) is 9.72. The fourth-order valence-electron chi connectivity index (χ4n) is 1.70. The van der Waals surface area contributed by atoms with Crippen LogP contribution in [-0.2, 0) is 0 Å². The van der Waals surface area contributed by atoms with Crippen molar-refractivity contribution in [1.29, 1.82) is 0 Å². The largest absolute Gasteiger partial charge is 0.445 e. The maximum absolute atomic E-state index is 11.8. The van der Waals surface area contributed by atoms with Crippen molar-refractivity contribution < 1.29 is 14.1 Å². The molecule has 2 aromatic rings. The second kappa shape index (κ2) is 4.06. The summed E-state index contributed by atoms with van der Waals surface area (Å²) in [7, 11) is 0. The van der Waals surface area contributed by atoms with E-state index in [0.717, 1.165) is 6.07 Å². The standard InChI is InChI=1S/C12H9NO5/c1-6-3-4-8-9(15)5-10(7(2)14)18-12(8)11(6)13(16)17/h3-5H,1-2H3. The number of hydrogen-bond acceptors (Lipinski definition) is 5. The van der Waals surface area contributed by atoms with Gasteiger partial charge in [0.2, 0.25) is 5.58 Å². The fourth-order valence-corrected chi connectivity index (χ4v) is 1.70. The molecule has 1 aromatic carbocycles. The van der Waals surface area contributed by atoms with Crippen molar-refractivity contribution in [3.8, 4) is 0 Å². The third-order valence-corrected chi connectivity index (χ3v) is 2.60. The van der Waals surface area contributed by atoms with E-state index in [4.69, 9.17) is 4.42 Å². The zero-order chi connectivity index (χ0) is 13.4. The van der Waals surface area contributed by atoms with Gasteiger partial charge in [0.05, 0.1) is 10.3 Å². The molecule has 0 unspecified atom stereocenters. The average Bonchev–Trinajstić information content (AvgIpc) is 2.27. The number of nitrogens with zero attached hydrogens (tertiary/aromatic N) is 1. The number of carbonyl (C=O) groups excluding carboxylic acids is 1. The van der Waals surface area contributed by atoms with Gasteiger partial charge in [0.1, 0.15) is 0 Å². The molecule has 0 N–H and O–H groups in total. The summed E-state index contributed by atoms with van der Waals surface area (Å²) in [5.41, 5.74) is -0.536. The van der Waals surface area contributed by atoms with Crippen LogP contribution < -0.4 is 5.43 Å². The Morgan fingerprint density at radius 2 is 2.06 bits per heavy atom. The highest BCUT2D eigenvalue weighted by Gasteiger charge is 2.21. The van der Waals surface area contributed by atoms with Crippen molar-refractivity contribution >= 4 is 22.4 Å². The van der Waals surface area contributed by atoms with E-state index in [1.807, 2.05) is 0 Å². The number of Topliss-reactive ketones (excluding diaryl/α,β-unsaturated/α-hetero) is 1. The highest BCUT2D eigenvalue weighted by atomic mass is 16.6. The number of ketones is 1. The summed E-state index contributed by atoms with van der Waals surface area (Å²) in [5.74, 6) is -0.633. The molecule has 0 spiro atoms. The van der Waals surface area contributed by atoms with Crippen molar-refractivity contribution in [2.24, 2.45) is 0 Å². The van der Waals surface area contributed by atoms with Crippen molar-refractivity contribution in [2.75, 3.05) is 0 Å². The molecule has 18 heavy (non-hydrogen) atoms. The molecule has 0 aliphatic heterocycles. The molecule has 0 saturated heterocycles. The molecule has 0 radical (unpaired) electrons. The number of rotatable bonds is 2. The Kier molecular flexibility index (Phi) is 2.70. The Bertz CT molecular complexity index is 729. The van der Waals surface area contributed by atoms with Crippen LogP contribution in [0.1, 0.15) is 23.0 Å². The summed E-state index contributed by atoms with van der Waals surface area (Å²) in [6, 6.07) is 3.97. The molecule has 2 rings (SSSR count). The van der Waals surface area contributed by atoms with Crippen molar-refractivity contribution in [2.45, 2.75) is 13.8 Å². The van der Waals surface area contributed by atoms with Gasteiger partial charge in [-0.05, 0) is 13.0 Å². The van der Waals surface area contributed by atoms with E-state index in [-0.39, 0.29) is 22.4 Å². The first-order valence-electron chi connectivity index (χ1n) is 5.14. The first-order chi connectivity index (χ1) is 8.41. The van der Waals surface area contributed by atoms with Crippen molar-refractivity contribution in [3.63, 3.8) is 0 Å². The highest BCUT2D eigenvalue weighted by molar-refractivity contribution is 5.94. The summed E-state index contributed by atoms with van der Waals surface area (Å²) in [4.78, 5) is 33.3. The van der Waals surface area contributed by atoms with Crippen LogP contribution in [0.15, 0.2) is 27.4 Å². The summed E-state index contributed by atoms with van der Waals surface area (Å²) in [5, 5.41) is 11.1. The lowest BCUT2D eigenvalue weighted by atomic mass is 10.1. The van der Waals surface area contributed by atoms with E-state index < -0.39 is 16.1 Å². The van der Waals surface area contributed by atoms with Crippen molar-refractivity contribution in [3.05, 3.63) is 49.9 Å². The maximum Gasteiger partial charge on any atom is 0.315 e. The summed E-state index contributed by atoms with van der Waals surface area (Å²) in [6.45, 7) is 2.77. The second-order valence-electron chi connectivity index (χ2n) is 3.90. The van der Waals surface area contributed by atoms with Gasteiger partial charge < -0.3 is 4.42 Å². The number of hydrogen-bond donors (Lipinski definition) is 0. The molecule has 0 amide bonds. The van der Waals surface area contributed by atoms with Crippen LogP contribution in [0.2, 0.25) is 0 Å². The van der Waals surface area contributed by atoms with Gasteiger partial charge in [0.15, 0.2) is 17.0 Å². The number of aryl methyl sites for hydroxylation is 1. The molecular formula is C12H9NO5. The third-order valence-electron chi connectivity index (χ3n) is 2.60. The molecular weight excluding hydrogens is 238 g/mol. The van der Waals surface area contributed by atoms with Crippen LogP contribution >= 0.6 is 0 Å². The molecule has 0 bridgehead atoms. The number of nitro groups is 1. The van der Waals surface area contributed by atoms with Gasteiger partial charge in [-0.2, -0.15) is 0 Å². The Labute approximate surface area is 101 Å². The van der Waals surface area contributed by atoms with E-state index >= 15 is 0 Å². The van der Waals surface area contributed by atoms with Crippen LogP contribution in [0, 0.1) is 17.0 Å². The molecule has 6 heteroatoms. The van der Waals surface area contributed by atoms with Gasteiger partial charge in [0.25, 0.3) is 0 Å². The van der Waals surface area contributed by atoms with E-state index in [1.54, 1.807) is 0 Å². The predicted molar refractivity (Wildman–Crippen MR) is 63.9 cm³/mol. The first-order valence-corrected chi connectivity index (χ1v) is 5.14.